The van der Waals surface area contributed by atoms with Crippen molar-refractivity contribution in [2.45, 2.75) is 99.2 Å². The van der Waals surface area contributed by atoms with E-state index in [9.17, 15) is 26.8 Å². The molecule has 6 atom stereocenters. The summed E-state index contributed by atoms with van der Waals surface area (Å²) in [5, 5.41) is 9.76. The number of sulfonamides is 1. The molecule has 6 unspecified atom stereocenters. The van der Waals surface area contributed by atoms with Crippen LogP contribution < -0.4 is 20.3 Å². The Labute approximate surface area is 348 Å². The molecule has 13 heteroatoms. The number of benzene rings is 3. The number of amides is 2. The zero-order valence-corrected chi connectivity index (χ0v) is 34.4. The number of hydrogen-bond acceptors (Lipinski definition) is 7. The molecule has 4 aliphatic carbocycles. The molecule has 13 rings (SSSR count). The van der Waals surface area contributed by atoms with Crippen LogP contribution in [0.4, 0.5) is 20.2 Å². The highest BCUT2D eigenvalue weighted by Gasteiger charge is 2.55. The molecule has 2 amide bonds. The van der Waals surface area contributed by atoms with Gasteiger partial charge in [0, 0.05) is 35.0 Å². The largest absolute Gasteiger partial charge is 0.381 e. The molecular formula is C47H46F2N6O4S. The molecule has 3 N–H and O–H groups in total. The molecule has 6 heterocycles. The second-order valence-electron chi connectivity index (χ2n) is 17.7. The van der Waals surface area contributed by atoms with E-state index in [-0.39, 0.29) is 45.9 Å². The molecule has 308 valence electrons. The molecule has 2 aromatic heterocycles. The van der Waals surface area contributed by atoms with Gasteiger partial charge in [-0.1, -0.05) is 31.5 Å². The summed E-state index contributed by atoms with van der Waals surface area (Å²) in [6, 6.07) is 26.4. The van der Waals surface area contributed by atoms with Crippen LogP contribution >= 0.6 is 0 Å². The van der Waals surface area contributed by atoms with Crippen molar-refractivity contribution < 1.29 is 26.8 Å². The Kier molecular flexibility index (Phi) is 8.94. The van der Waals surface area contributed by atoms with Gasteiger partial charge in [0.05, 0.1) is 50.1 Å². The van der Waals surface area contributed by atoms with E-state index in [1.54, 1.807) is 16.4 Å². The third-order valence-corrected chi connectivity index (χ3v) is 15.8. The SMILES string of the molecule is CC1C2CC1c1nc(C3(NC(=O)c4ccc(F)cc4)CC3)ccc1N2.Cc1ccc(S(=O)(=O)N2c3ccc(C4(NC(=O)c5ccc(F)cc5)CC4)nc3C3CC2C3C)cc1. The summed E-state index contributed by atoms with van der Waals surface area (Å²) in [6.07, 6.45) is 5.17. The normalized spacial score (nSPS) is 25.3. The fourth-order valence-corrected chi connectivity index (χ4v) is 11.3. The van der Waals surface area contributed by atoms with Crippen LogP contribution in [0.3, 0.4) is 0 Å². The summed E-state index contributed by atoms with van der Waals surface area (Å²) in [7, 11) is -3.73. The van der Waals surface area contributed by atoms with E-state index in [0.29, 0.717) is 34.7 Å². The van der Waals surface area contributed by atoms with Gasteiger partial charge < -0.3 is 16.0 Å². The smallest absolute Gasteiger partial charge is 0.264 e. The van der Waals surface area contributed by atoms with Crippen LogP contribution in [0, 0.1) is 30.4 Å². The third-order valence-electron chi connectivity index (χ3n) is 13.9. The van der Waals surface area contributed by atoms with Crippen molar-refractivity contribution in [3.8, 4) is 0 Å². The summed E-state index contributed by atoms with van der Waals surface area (Å²) in [5.41, 5.74) is 6.32. The van der Waals surface area contributed by atoms with Gasteiger partial charge >= 0.3 is 0 Å². The molecule has 5 aromatic rings. The minimum Gasteiger partial charge on any atom is -0.381 e. The Morgan fingerprint density at radius 3 is 1.72 bits per heavy atom. The van der Waals surface area contributed by atoms with Gasteiger partial charge in [-0.25, -0.2) is 17.2 Å². The first-order chi connectivity index (χ1) is 28.7. The van der Waals surface area contributed by atoms with Crippen LogP contribution in [-0.4, -0.2) is 42.3 Å². The van der Waals surface area contributed by atoms with Gasteiger partial charge in [0.2, 0.25) is 0 Å². The Morgan fingerprint density at radius 2 is 1.20 bits per heavy atom. The quantitative estimate of drug-likeness (QED) is 0.144. The van der Waals surface area contributed by atoms with E-state index >= 15 is 0 Å². The maximum absolute atomic E-state index is 13.7. The minimum absolute atomic E-state index is 0.0838. The second kappa shape index (κ2) is 13.9. The lowest BCUT2D eigenvalue weighted by Crippen LogP contribution is -2.57. The van der Waals surface area contributed by atoms with Crippen molar-refractivity contribution in [3.63, 3.8) is 0 Å². The number of nitrogens with zero attached hydrogens (tertiary/aromatic N) is 3. The lowest BCUT2D eigenvalue weighted by molar-refractivity contribution is 0.0921. The van der Waals surface area contributed by atoms with Gasteiger partial charge in [0.15, 0.2) is 0 Å². The molecule has 0 spiro atoms. The van der Waals surface area contributed by atoms with Crippen LogP contribution in [0.2, 0.25) is 0 Å². The molecule has 4 aliphatic heterocycles. The van der Waals surface area contributed by atoms with Gasteiger partial charge in [-0.05, 0) is 142 Å². The number of carbonyl (C=O) groups is 2. The van der Waals surface area contributed by atoms with Crippen molar-refractivity contribution in [1.82, 2.24) is 20.6 Å². The highest BCUT2D eigenvalue weighted by atomic mass is 32.2. The Balaban J connectivity index is 0.000000152. The van der Waals surface area contributed by atoms with Crippen molar-refractivity contribution >= 4 is 33.2 Å². The first kappa shape index (κ1) is 38.5. The van der Waals surface area contributed by atoms with Crippen LogP contribution in [0.15, 0.2) is 102 Å². The topological polar surface area (TPSA) is 133 Å². The van der Waals surface area contributed by atoms with Crippen molar-refractivity contribution in [2.75, 3.05) is 9.62 Å². The number of carbonyl (C=O) groups excluding carboxylic acids is 2. The maximum atomic E-state index is 13.7. The number of pyridine rings is 2. The molecular weight excluding hydrogens is 783 g/mol. The number of aryl methyl sites for hydroxylation is 1. The number of anilines is 2. The highest BCUT2D eigenvalue weighted by Crippen LogP contribution is 2.57. The highest BCUT2D eigenvalue weighted by molar-refractivity contribution is 7.92. The predicted molar refractivity (Wildman–Crippen MR) is 223 cm³/mol. The molecule has 60 heavy (non-hydrogen) atoms. The van der Waals surface area contributed by atoms with E-state index in [0.717, 1.165) is 72.6 Å². The van der Waals surface area contributed by atoms with E-state index < -0.39 is 21.4 Å². The number of hydrogen-bond donors (Lipinski definition) is 3. The number of aromatic nitrogens is 2. The van der Waals surface area contributed by atoms with Crippen LogP contribution in [0.1, 0.15) is 113 Å². The molecule has 8 aliphatic rings. The summed E-state index contributed by atoms with van der Waals surface area (Å²) in [4.78, 5) is 35.5. The van der Waals surface area contributed by atoms with E-state index in [2.05, 4.69) is 35.9 Å². The second-order valence-corrected chi connectivity index (χ2v) is 19.5. The summed E-state index contributed by atoms with van der Waals surface area (Å²) >= 11 is 0. The lowest BCUT2D eigenvalue weighted by atomic mass is 9.65. The average Bonchev–Trinajstić information content (AvgIpc) is 4.20. The molecule has 4 bridgehead atoms. The van der Waals surface area contributed by atoms with Crippen LogP contribution in [-0.2, 0) is 21.1 Å². The number of rotatable bonds is 8. The maximum Gasteiger partial charge on any atom is 0.264 e. The molecule has 0 saturated heterocycles. The Morgan fingerprint density at radius 1 is 0.683 bits per heavy atom. The molecule has 10 nitrogen and oxygen atoms in total. The summed E-state index contributed by atoms with van der Waals surface area (Å²) in [6.45, 7) is 6.28. The van der Waals surface area contributed by atoms with E-state index in [1.165, 1.54) is 48.5 Å². The van der Waals surface area contributed by atoms with Crippen molar-refractivity contribution in [1.29, 1.82) is 0 Å². The molecule has 4 saturated carbocycles. The zero-order valence-electron chi connectivity index (χ0n) is 33.6. The van der Waals surface area contributed by atoms with Gasteiger partial charge in [-0.3, -0.25) is 23.9 Å². The molecule has 4 fully saturated rings. The first-order valence-corrected chi connectivity index (χ1v) is 22.3. The predicted octanol–water partition coefficient (Wildman–Crippen LogP) is 8.21. The fourth-order valence-electron chi connectivity index (χ4n) is 9.54. The first-order valence-electron chi connectivity index (χ1n) is 20.8. The van der Waals surface area contributed by atoms with Crippen molar-refractivity contribution in [2.24, 2.45) is 11.8 Å². The van der Waals surface area contributed by atoms with E-state index in [1.807, 2.05) is 37.3 Å². The monoisotopic (exact) mass is 828 g/mol. The average molecular weight is 829 g/mol. The lowest BCUT2D eigenvalue weighted by Gasteiger charge is -2.54. The minimum atomic E-state index is -3.73. The van der Waals surface area contributed by atoms with E-state index in [4.69, 9.17) is 9.97 Å². The molecule has 3 aromatic carbocycles. The fraction of sp³-hybridized carbons (Fsp3) is 0.362. The van der Waals surface area contributed by atoms with Gasteiger partial charge in [-0.2, -0.15) is 0 Å². The van der Waals surface area contributed by atoms with Crippen molar-refractivity contribution in [3.05, 3.63) is 148 Å². The Hall–Kier alpha value is -5.69. The summed E-state index contributed by atoms with van der Waals surface area (Å²) < 4.78 is 55.2. The molecule has 0 radical (unpaired) electrons. The third kappa shape index (κ3) is 6.43. The number of halogens is 2. The Bertz CT molecular complexity index is 2650. The zero-order chi connectivity index (χ0) is 41.7. The standard InChI is InChI=1S/C27H26FN3O3S.C20H20FN3O/c1-16-3-9-20(10-4-16)35(33,34)31-22-11-12-24(29-25(22)21-15-23(31)17(21)2)27(13-14-27)30-26(32)18-5-7-19(28)8-6-18;1-11-14-10-16(11)22-15-6-7-17(23-18(14)15)20(8-9-20)24-19(25)12-2-4-13(21)5-3-12/h3-12,17,21,23H,13-15H2,1-2H3,(H,30,32);2-7,11,14,16,22H,8-10H2,1H3,(H,24,25). The van der Waals surface area contributed by atoms with Gasteiger partial charge in [0.1, 0.15) is 11.6 Å². The van der Waals surface area contributed by atoms with Gasteiger partial charge in [0.25, 0.3) is 21.8 Å². The van der Waals surface area contributed by atoms with Crippen LogP contribution in [0.25, 0.3) is 0 Å². The summed E-state index contributed by atoms with van der Waals surface area (Å²) in [5.74, 6) is 0.336. The van der Waals surface area contributed by atoms with Gasteiger partial charge in [-0.15, -0.1) is 0 Å². The number of nitrogens with one attached hydrogen (secondary N) is 3. The van der Waals surface area contributed by atoms with Crippen LogP contribution in [0.5, 0.6) is 0 Å².